The molecule has 0 radical (unpaired) electrons. The number of nitro groups is 1. The lowest BCUT2D eigenvalue weighted by atomic mass is 10.2. The van der Waals surface area contributed by atoms with Crippen LogP contribution in [-0.2, 0) is 4.79 Å². The van der Waals surface area contributed by atoms with Crippen molar-refractivity contribution >= 4 is 40.1 Å². The summed E-state index contributed by atoms with van der Waals surface area (Å²) in [6.45, 7) is 3.54. The van der Waals surface area contributed by atoms with Crippen LogP contribution in [0.2, 0.25) is 0 Å². The van der Waals surface area contributed by atoms with E-state index in [4.69, 9.17) is 0 Å². The molecule has 162 valence electrons. The first kappa shape index (κ1) is 22.2. The van der Waals surface area contributed by atoms with Crippen LogP contribution < -0.4 is 16.2 Å². The van der Waals surface area contributed by atoms with Gasteiger partial charge in [-0.25, -0.2) is 0 Å². The van der Waals surface area contributed by atoms with Gasteiger partial charge in [-0.05, 0) is 49.7 Å². The highest BCUT2D eigenvalue weighted by Gasteiger charge is 2.17. The van der Waals surface area contributed by atoms with Crippen LogP contribution in [0.15, 0.2) is 89.1 Å². The molecule has 9 heteroatoms. The Kier molecular flexibility index (Phi) is 7.26. The van der Waals surface area contributed by atoms with Gasteiger partial charge in [0.05, 0.1) is 22.0 Å². The predicted octanol–water partition coefficient (Wildman–Crippen LogP) is 4.80. The van der Waals surface area contributed by atoms with Gasteiger partial charge in [0.1, 0.15) is 0 Å². The van der Waals surface area contributed by atoms with Crippen LogP contribution in [0.5, 0.6) is 0 Å². The Balaban J connectivity index is 1.85. The maximum atomic E-state index is 13.0. The monoisotopic (exact) mass is 430 g/mol. The van der Waals surface area contributed by atoms with Gasteiger partial charge in [-0.3, -0.25) is 25.8 Å². The third-order valence-electron chi connectivity index (χ3n) is 4.45. The maximum Gasteiger partial charge on any atom is 0.278 e. The van der Waals surface area contributed by atoms with E-state index in [0.717, 1.165) is 11.3 Å². The molecule has 3 aromatic carbocycles. The van der Waals surface area contributed by atoms with Crippen molar-refractivity contribution in [2.24, 2.45) is 10.2 Å². The Bertz CT molecular complexity index is 1160. The molecule has 0 unspecified atom stereocenters. The van der Waals surface area contributed by atoms with Crippen molar-refractivity contribution in [1.29, 1.82) is 0 Å². The lowest BCUT2D eigenvalue weighted by molar-refractivity contribution is -0.384. The second kappa shape index (κ2) is 10.5. The number of non-ortho nitro benzene ring substituents is 1. The number of nitrogens with one attached hydrogen (secondary N) is 3. The highest BCUT2D eigenvalue weighted by Crippen LogP contribution is 2.16. The van der Waals surface area contributed by atoms with Gasteiger partial charge in [0.25, 0.3) is 11.6 Å². The van der Waals surface area contributed by atoms with E-state index >= 15 is 0 Å². The number of benzene rings is 3. The summed E-state index contributed by atoms with van der Waals surface area (Å²) in [6, 6.07) is 22.4. The summed E-state index contributed by atoms with van der Waals surface area (Å²) in [5.41, 5.74) is 8.82. The third kappa shape index (κ3) is 5.99. The van der Waals surface area contributed by atoms with Gasteiger partial charge in [-0.2, -0.15) is 10.2 Å². The number of carbonyl (C=O) groups is 1. The van der Waals surface area contributed by atoms with Crippen LogP contribution in [-0.4, -0.2) is 22.3 Å². The second-order valence-corrected chi connectivity index (χ2v) is 6.82. The SMILES string of the molecule is CC(=N\Nc1ccccc1)/C(=N/Nc1ccc([N+](=O)[O-])cc1)C(=O)Nc1ccccc1C. The molecule has 0 aliphatic heterocycles. The van der Waals surface area contributed by atoms with Crippen LogP contribution in [0.1, 0.15) is 12.5 Å². The van der Waals surface area contributed by atoms with Crippen molar-refractivity contribution in [3.05, 3.63) is 94.5 Å². The predicted molar refractivity (Wildman–Crippen MR) is 127 cm³/mol. The molecule has 1 amide bonds. The Morgan fingerprint density at radius 3 is 2.09 bits per heavy atom. The summed E-state index contributed by atoms with van der Waals surface area (Å²) < 4.78 is 0. The molecular weight excluding hydrogens is 408 g/mol. The van der Waals surface area contributed by atoms with Crippen molar-refractivity contribution in [1.82, 2.24) is 0 Å². The van der Waals surface area contributed by atoms with Crippen molar-refractivity contribution in [3.8, 4) is 0 Å². The van der Waals surface area contributed by atoms with Crippen LogP contribution in [0.3, 0.4) is 0 Å². The number of hydrazone groups is 2. The molecule has 9 nitrogen and oxygen atoms in total. The number of nitro benzene ring substituents is 1. The molecule has 0 spiro atoms. The molecule has 0 bridgehead atoms. The zero-order valence-corrected chi connectivity index (χ0v) is 17.6. The average molecular weight is 430 g/mol. The molecule has 0 saturated heterocycles. The molecule has 0 saturated carbocycles. The average Bonchev–Trinajstić information content (AvgIpc) is 2.80. The van der Waals surface area contributed by atoms with Gasteiger partial charge in [0, 0.05) is 17.8 Å². The Morgan fingerprint density at radius 2 is 1.44 bits per heavy atom. The number of carbonyl (C=O) groups excluding carboxylic acids is 1. The maximum absolute atomic E-state index is 13.0. The summed E-state index contributed by atoms with van der Waals surface area (Å²) in [5, 5.41) is 22.2. The minimum Gasteiger partial charge on any atom is -0.320 e. The highest BCUT2D eigenvalue weighted by molar-refractivity contribution is 6.68. The van der Waals surface area contributed by atoms with E-state index in [1.807, 2.05) is 55.5 Å². The second-order valence-electron chi connectivity index (χ2n) is 6.82. The van der Waals surface area contributed by atoms with Crippen molar-refractivity contribution in [2.75, 3.05) is 16.2 Å². The first-order valence-electron chi connectivity index (χ1n) is 9.75. The normalized spacial score (nSPS) is 11.6. The van der Waals surface area contributed by atoms with Crippen LogP contribution in [0.4, 0.5) is 22.7 Å². The van der Waals surface area contributed by atoms with Gasteiger partial charge in [-0.1, -0.05) is 36.4 Å². The van der Waals surface area contributed by atoms with Gasteiger partial charge in [0.2, 0.25) is 0 Å². The van der Waals surface area contributed by atoms with E-state index in [-0.39, 0.29) is 11.4 Å². The smallest absolute Gasteiger partial charge is 0.278 e. The number of aryl methyl sites for hydroxylation is 1. The van der Waals surface area contributed by atoms with Gasteiger partial charge >= 0.3 is 0 Å². The molecular formula is C23H22N6O3. The van der Waals surface area contributed by atoms with E-state index in [9.17, 15) is 14.9 Å². The Labute approximate surface area is 185 Å². The van der Waals surface area contributed by atoms with E-state index < -0.39 is 10.8 Å². The third-order valence-corrected chi connectivity index (χ3v) is 4.45. The standard InChI is InChI=1S/C23H22N6O3/c1-16-8-6-7-11-21(16)24-23(30)22(17(2)25-26-18-9-4-3-5-10-18)28-27-19-12-14-20(15-13-19)29(31)32/h3-15,26-27H,1-2H3,(H,24,30)/b25-17+,28-22-. The van der Waals surface area contributed by atoms with Crippen LogP contribution in [0, 0.1) is 17.0 Å². The van der Waals surface area contributed by atoms with Crippen LogP contribution in [0.25, 0.3) is 0 Å². The minimum absolute atomic E-state index is 0.0400. The van der Waals surface area contributed by atoms with Crippen molar-refractivity contribution < 1.29 is 9.72 Å². The summed E-state index contributed by atoms with van der Waals surface area (Å²) >= 11 is 0. The molecule has 3 rings (SSSR count). The van der Waals surface area contributed by atoms with Crippen molar-refractivity contribution in [2.45, 2.75) is 13.8 Å². The van der Waals surface area contributed by atoms with Crippen molar-refractivity contribution in [3.63, 3.8) is 0 Å². The van der Waals surface area contributed by atoms with Crippen LogP contribution >= 0.6 is 0 Å². The molecule has 0 fully saturated rings. The molecule has 32 heavy (non-hydrogen) atoms. The van der Waals surface area contributed by atoms with E-state index in [0.29, 0.717) is 17.1 Å². The zero-order valence-electron chi connectivity index (χ0n) is 17.6. The van der Waals surface area contributed by atoms with Gasteiger partial charge in [0.15, 0.2) is 5.71 Å². The fourth-order valence-electron chi connectivity index (χ4n) is 2.68. The van der Waals surface area contributed by atoms with Gasteiger partial charge in [-0.15, -0.1) is 0 Å². The number of anilines is 3. The molecule has 0 heterocycles. The molecule has 0 atom stereocenters. The first-order valence-corrected chi connectivity index (χ1v) is 9.75. The summed E-state index contributed by atoms with van der Waals surface area (Å²) in [5.74, 6) is -0.454. The largest absolute Gasteiger partial charge is 0.320 e. The lowest BCUT2D eigenvalue weighted by Crippen LogP contribution is -2.30. The van der Waals surface area contributed by atoms with E-state index in [1.54, 1.807) is 13.0 Å². The number of amides is 1. The fourth-order valence-corrected chi connectivity index (χ4v) is 2.68. The topological polar surface area (TPSA) is 121 Å². The Morgan fingerprint density at radius 1 is 0.844 bits per heavy atom. The zero-order chi connectivity index (χ0) is 22.9. The molecule has 0 aliphatic carbocycles. The number of nitrogens with zero attached hydrogens (tertiary/aromatic N) is 3. The number of para-hydroxylation sites is 2. The minimum atomic E-state index is -0.486. The summed E-state index contributed by atoms with van der Waals surface area (Å²) in [4.78, 5) is 23.3. The van der Waals surface area contributed by atoms with E-state index in [1.165, 1.54) is 24.3 Å². The quantitative estimate of drug-likeness (QED) is 0.269. The molecule has 3 aromatic rings. The fraction of sp³-hybridized carbons (Fsp3) is 0.0870. The Hall–Kier alpha value is -4.53. The summed E-state index contributed by atoms with van der Waals surface area (Å²) in [7, 11) is 0. The summed E-state index contributed by atoms with van der Waals surface area (Å²) in [6.07, 6.45) is 0. The highest BCUT2D eigenvalue weighted by atomic mass is 16.6. The first-order chi connectivity index (χ1) is 15.4. The molecule has 0 aliphatic rings. The molecule has 3 N–H and O–H groups in total. The van der Waals surface area contributed by atoms with Gasteiger partial charge < -0.3 is 5.32 Å². The number of hydrogen-bond donors (Lipinski definition) is 3. The number of hydrogen-bond acceptors (Lipinski definition) is 7. The lowest BCUT2D eigenvalue weighted by Gasteiger charge is -2.11. The molecule has 0 aromatic heterocycles. The van der Waals surface area contributed by atoms with E-state index in [2.05, 4.69) is 26.4 Å². The number of rotatable bonds is 8.